The van der Waals surface area contributed by atoms with Gasteiger partial charge in [-0.05, 0) is 32.1 Å². The van der Waals surface area contributed by atoms with Crippen molar-refractivity contribution in [3.63, 3.8) is 0 Å². The van der Waals surface area contributed by atoms with Crippen LogP contribution in [-0.2, 0) is 16.0 Å². The fraction of sp³-hybridized carbons (Fsp3) is 0.810. The first-order valence-electron chi connectivity index (χ1n) is 11.0. The van der Waals surface area contributed by atoms with Crippen LogP contribution in [0.15, 0.2) is 4.52 Å². The highest BCUT2D eigenvalue weighted by atomic mass is 16.5. The predicted octanol–water partition coefficient (Wildman–Crippen LogP) is 2.91. The molecule has 1 atom stereocenters. The first kappa shape index (κ1) is 19.4. The molecule has 1 saturated heterocycles. The molecule has 4 rings (SSSR count). The molecular formula is C21H32N4O3. The minimum absolute atomic E-state index is 0.0553. The Balaban J connectivity index is 1.31. The Kier molecular flexibility index (Phi) is 5.97. The number of rotatable bonds is 6. The Hall–Kier alpha value is -1.92. The lowest BCUT2D eigenvalue weighted by molar-refractivity contribution is -0.137. The van der Waals surface area contributed by atoms with Crippen molar-refractivity contribution in [1.82, 2.24) is 19.9 Å². The number of likely N-dealkylation sites (tertiary alicyclic amines) is 1. The Bertz CT molecular complexity index is 694. The van der Waals surface area contributed by atoms with Crippen molar-refractivity contribution in [2.45, 2.75) is 83.1 Å². The van der Waals surface area contributed by atoms with Gasteiger partial charge in [0.1, 0.15) is 0 Å². The molecular weight excluding hydrogens is 356 g/mol. The van der Waals surface area contributed by atoms with Crippen LogP contribution in [0.5, 0.6) is 0 Å². The summed E-state index contributed by atoms with van der Waals surface area (Å²) in [6.45, 7) is 3.61. The van der Waals surface area contributed by atoms with E-state index in [1.165, 1.54) is 25.7 Å². The summed E-state index contributed by atoms with van der Waals surface area (Å²) in [4.78, 5) is 33.5. The zero-order valence-corrected chi connectivity index (χ0v) is 16.9. The maximum Gasteiger partial charge on any atom is 0.229 e. The summed E-state index contributed by atoms with van der Waals surface area (Å²) in [6, 6.07) is 0.100. The quantitative estimate of drug-likeness (QED) is 0.749. The molecule has 1 aromatic heterocycles. The Labute approximate surface area is 166 Å². The van der Waals surface area contributed by atoms with Crippen LogP contribution in [0.4, 0.5) is 0 Å². The Morgan fingerprint density at radius 3 is 2.57 bits per heavy atom. The summed E-state index contributed by atoms with van der Waals surface area (Å²) in [5, 5.41) is 4.09. The van der Waals surface area contributed by atoms with E-state index in [-0.39, 0.29) is 17.9 Å². The molecule has 1 aromatic rings. The van der Waals surface area contributed by atoms with E-state index in [1.807, 2.05) is 9.80 Å². The fourth-order valence-electron chi connectivity index (χ4n) is 4.81. The highest BCUT2D eigenvalue weighted by Gasteiger charge is 2.35. The summed E-state index contributed by atoms with van der Waals surface area (Å²) in [5.74, 6) is 2.41. The van der Waals surface area contributed by atoms with Crippen molar-refractivity contribution in [2.24, 2.45) is 5.92 Å². The Morgan fingerprint density at radius 2 is 1.89 bits per heavy atom. The zero-order chi connectivity index (χ0) is 19.5. The molecule has 0 aromatic carbocycles. The topological polar surface area (TPSA) is 79.5 Å². The normalized spacial score (nSPS) is 23.6. The first-order valence-corrected chi connectivity index (χ1v) is 11.0. The summed E-state index contributed by atoms with van der Waals surface area (Å²) < 4.78 is 5.39. The molecule has 1 unspecified atom stereocenters. The van der Waals surface area contributed by atoms with Crippen LogP contribution in [-0.4, -0.2) is 57.4 Å². The molecule has 0 spiro atoms. The van der Waals surface area contributed by atoms with E-state index in [2.05, 4.69) is 10.1 Å². The molecule has 0 N–H and O–H groups in total. The van der Waals surface area contributed by atoms with Crippen molar-refractivity contribution in [3.05, 3.63) is 11.7 Å². The number of amides is 2. The van der Waals surface area contributed by atoms with Gasteiger partial charge < -0.3 is 14.3 Å². The standard InChI is InChI=1S/C21H32N4O3/c1-15(26)25(13-11-19-22-20(28-23-19)16-8-5-9-16)18-10-12-24(14-18)21(27)17-6-3-2-4-7-17/h16-18H,2-14H2,1H3. The monoisotopic (exact) mass is 388 g/mol. The van der Waals surface area contributed by atoms with Crippen LogP contribution in [0.1, 0.15) is 82.3 Å². The molecule has 154 valence electrons. The van der Waals surface area contributed by atoms with Gasteiger partial charge in [-0.15, -0.1) is 0 Å². The summed E-state index contributed by atoms with van der Waals surface area (Å²) in [6.07, 6.45) is 10.6. The molecule has 3 aliphatic rings. The van der Waals surface area contributed by atoms with E-state index in [4.69, 9.17) is 4.52 Å². The highest BCUT2D eigenvalue weighted by molar-refractivity contribution is 5.79. The third-order valence-corrected chi connectivity index (χ3v) is 6.79. The molecule has 2 saturated carbocycles. The third kappa shape index (κ3) is 4.23. The maximum atomic E-state index is 12.8. The molecule has 0 radical (unpaired) electrons. The van der Waals surface area contributed by atoms with Gasteiger partial charge in [-0.3, -0.25) is 9.59 Å². The second-order valence-electron chi connectivity index (χ2n) is 8.70. The van der Waals surface area contributed by atoms with Crippen molar-refractivity contribution in [3.8, 4) is 0 Å². The van der Waals surface area contributed by atoms with Gasteiger partial charge in [0, 0.05) is 44.8 Å². The van der Waals surface area contributed by atoms with E-state index in [9.17, 15) is 9.59 Å². The zero-order valence-electron chi connectivity index (χ0n) is 16.9. The van der Waals surface area contributed by atoms with Gasteiger partial charge in [0.15, 0.2) is 5.82 Å². The number of hydrogen-bond acceptors (Lipinski definition) is 5. The van der Waals surface area contributed by atoms with Crippen molar-refractivity contribution < 1.29 is 14.1 Å². The number of aromatic nitrogens is 2. The molecule has 1 aliphatic heterocycles. The summed E-state index contributed by atoms with van der Waals surface area (Å²) >= 11 is 0. The van der Waals surface area contributed by atoms with Crippen LogP contribution in [0, 0.1) is 5.92 Å². The lowest BCUT2D eigenvalue weighted by atomic mass is 9.85. The van der Waals surface area contributed by atoms with Gasteiger partial charge >= 0.3 is 0 Å². The molecule has 3 fully saturated rings. The largest absolute Gasteiger partial charge is 0.340 e. The maximum absolute atomic E-state index is 12.8. The number of carbonyl (C=O) groups excluding carboxylic acids is 2. The highest BCUT2D eigenvalue weighted by Crippen LogP contribution is 2.35. The Morgan fingerprint density at radius 1 is 1.11 bits per heavy atom. The number of nitrogens with zero attached hydrogens (tertiary/aromatic N) is 4. The van der Waals surface area contributed by atoms with Gasteiger partial charge in [0.05, 0.1) is 6.04 Å². The first-order chi connectivity index (χ1) is 13.6. The lowest BCUT2D eigenvalue weighted by Gasteiger charge is -2.29. The van der Waals surface area contributed by atoms with Gasteiger partial charge in [0.2, 0.25) is 17.7 Å². The smallest absolute Gasteiger partial charge is 0.229 e. The lowest BCUT2D eigenvalue weighted by Crippen LogP contribution is -2.43. The van der Waals surface area contributed by atoms with Crippen LogP contribution in [0.2, 0.25) is 0 Å². The summed E-state index contributed by atoms with van der Waals surface area (Å²) in [5.41, 5.74) is 0. The van der Waals surface area contributed by atoms with E-state index in [0.29, 0.717) is 37.2 Å². The predicted molar refractivity (Wildman–Crippen MR) is 104 cm³/mol. The molecule has 28 heavy (non-hydrogen) atoms. The molecule has 2 amide bonds. The third-order valence-electron chi connectivity index (χ3n) is 6.79. The van der Waals surface area contributed by atoms with E-state index < -0.39 is 0 Å². The summed E-state index contributed by atoms with van der Waals surface area (Å²) in [7, 11) is 0. The molecule has 0 bridgehead atoms. The van der Waals surface area contributed by atoms with E-state index in [1.54, 1.807) is 6.92 Å². The molecule has 7 nitrogen and oxygen atoms in total. The van der Waals surface area contributed by atoms with Crippen LogP contribution >= 0.6 is 0 Å². The van der Waals surface area contributed by atoms with Crippen LogP contribution in [0.3, 0.4) is 0 Å². The van der Waals surface area contributed by atoms with Crippen LogP contribution in [0.25, 0.3) is 0 Å². The minimum Gasteiger partial charge on any atom is -0.340 e. The second kappa shape index (κ2) is 8.62. The van der Waals surface area contributed by atoms with Gasteiger partial charge in [-0.25, -0.2) is 0 Å². The fourth-order valence-corrected chi connectivity index (χ4v) is 4.81. The van der Waals surface area contributed by atoms with Crippen molar-refractivity contribution in [1.29, 1.82) is 0 Å². The average Bonchev–Trinajstić information content (AvgIpc) is 3.31. The van der Waals surface area contributed by atoms with Crippen molar-refractivity contribution >= 4 is 11.8 Å². The second-order valence-corrected chi connectivity index (χ2v) is 8.70. The SMILES string of the molecule is CC(=O)N(CCc1noc(C2CCC2)n1)C1CCN(C(=O)C2CCCCC2)C1. The molecule has 2 heterocycles. The number of carbonyl (C=O) groups is 2. The van der Waals surface area contributed by atoms with Gasteiger partial charge in [-0.1, -0.05) is 30.8 Å². The van der Waals surface area contributed by atoms with Gasteiger partial charge in [0.25, 0.3) is 0 Å². The van der Waals surface area contributed by atoms with Crippen LogP contribution < -0.4 is 0 Å². The average molecular weight is 389 g/mol. The number of hydrogen-bond donors (Lipinski definition) is 0. The molecule has 7 heteroatoms. The minimum atomic E-state index is 0.0553. The van der Waals surface area contributed by atoms with Gasteiger partial charge in [-0.2, -0.15) is 4.98 Å². The van der Waals surface area contributed by atoms with Crippen molar-refractivity contribution in [2.75, 3.05) is 19.6 Å². The molecule has 2 aliphatic carbocycles. The van der Waals surface area contributed by atoms with E-state index >= 15 is 0 Å². The van der Waals surface area contributed by atoms with E-state index in [0.717, 1.165) is 44.5 Å².